The molecule has 0 atom stereocenters. The summed E-state index contributed by atoms with van der Waals surface area (Å²) in [6.45, 7) is -2.71. The van der Waals surface area contributed by atoms with E-state index in [9.17, 15) is 4.79 Å². The summed E-state index contributed by atoms with van der Waals surface area (Å²) in [5.74, 6) is -1.84. The molecule has 0 aromatic carbocycles. The molecule has 122 valence electrons. The highest BCUT2D eigenvalue weighted by Gasteiger charge is 2.13. The molecule has 0 saturated heterocycles. The molecule has 3 aromatic heterocycles. The monoisotopic (exact) mass is 348 g/mol. The van der Waals surface area contributed by atoms with Crippen LogP contribution >= 0.6 is 11.6 Å². The Hall–Kier alpha value is -2.73. The van der Waals surface area contributed by atoms with Crippen LogP contribution in [0.5, 0.6) is 0 Å². The second-order valence-corrected chi connectivity index (χ2v) is 5.02. The average Bonchev–Trinajstić information content (AvgIpc) is 3.13. The molecule has 3 heterocycles. The van der Waals surface area contributed by atoms with Gasteiger partial charge >= 0.3 is 0 Å². The second kappa shape index (κ2) is 7.23. The number of amides is 1. The van der Waals surface area contributed by atoms with E-state index in [4.69, 9.17) is 21.2 Å². The Balaban J connectivity index is 1.97. The van der Waals surface area contributed by atoms with Gasteiger partial charge in [-0.15, -0.1) is 0 Å². The van der Waals surface area contributed by atoms with E-state index < -0.39 is 31.3 Å². The third-order valence-corrected chi connectivity index (χ3v) is 3.24. The van der Waals surface area contributed by atoms with Gasteiger partial charge in [-0.2, -0.15) is 5.10 Å². The maximum atomic E-state index is 12.7. The molecule has 0 bridgehead atoms. The molecule has 3 aromatic rings. The molecule has 0 spiro atoms. The van der Waals surface area contributed by atoms with Crippen LogP contribution in [0.3, 0.4) is 0 Å². The molecular formula is C17H16ClN5O. The minimum Gasteiger partial charge on any atom is -0.309 e. The Kier molecular flexibility index (Phi) is 2.87. The zero-order chi connectivity index (χ0) is 23.0. The van der Waals surface area contributed by atoms with Crippen molar-refractivity contribution in [1.29, 1.82) is 0 Å². The Labute approximate surface area is 154 Å². The summed E-state index contributed by atoms with van der Waals surface area (Å²) in [5, 5.41) is 8.55. The number of H-pyrrole nitrogens is 1. The predicted molar refractivity (Wildman–Crippen MR) is 92.8 cm³/mol. The Morgan fingerprint density at radius 1 is 1.38 bits per heavy atom. The van der Waals surface area contributed by atoms with Crippen LogP contribution in [-0.4, -0.2) is 26.1 Å². The molecule has 0 aliphatic carbocycles. The van der Waals surface area contributed by atoms with Gasteiger partial charge in [0.1, 0.15) is 5.15 Å². The number of halogens is 1. The number of anilines is 1. The smallest absolute Gasteiger partial charge is 0.225 e. The Bertz CT molecular complexity index is 1080. The predicted octanol–water partition coefficient (Wildman–Crippen LogP) is 3.40. The highest BCUT2D eigenvalue weighted by Crippen LogP contribution is 2.25. The summed E-state index contributed by atoms with van der Waals surface area (Å²) >= 11 is 5.68. The summed E-state index contributed by atoms with van der Waals surface area (Å²) in [6, 6.07) is 5.56. The van der Waals surface area contributed by atoms with Crippen LogP contribution in [0.2, 0.25) is 5.15 Å². The number of hydrogen-bond donors (Lipinski definition) is 2. The van der Waals surface area contributed by atoms with E-state index in [-0.39, 0.29) is 22.0 Å². The molecule has 0 radical (unpaired) electrons. The van der Waals surface area contributed by atoms with E-state index in [1.54, 1.807) is 12.1 Å². The lowest BCUT2D eigenvalue weighted by Crippen LogP contribution is -2.13. The lowest BCUT2D eigenvalue weighted by atomic mass is 10.1. The number of hydrogen-bond acceptors (Lipinski definition) is 4. The summed E-state index contributed by atoms with van der Waals surface area (Å²) in [4.78, 5) is 20.3. The molecule has 1 amide bonds. The molecule has 2 N–H and O–H groups in total. The van der Waals surface area contributed by atoms with E-state index in [1.165, 1.54) is 24.5 Å². The second-order valence-electron chi connectivity index (χ2n) is 4.63. The van der Waals surface area contributed by atoms with Gasteiger partial charge in [0.05, 0.1) is 5.69 Å². The van der Waals surface area contributed by atoms with Crippen LogP contribution in [0.4, 0.5) is 5.82 Å². The van der Waals surface area contributed by atoms with Crippen LogP contribution in [0.15, 0.2) is 42.9 Å². The van der Waals surface area contributed by atoms with Crippen LogP contribution in [0.1, 0.15) is 27.1 Å². The minimum absolute atomic E-state index is 0.0760. The van der Waals surface area contributed by atoms with Gasteiger partial charge in [-0.3, -0.25) is 14.9 Å². The fourth-order valence-corrected chi connectivity index (χ4v) is 1.99. The zero-order valence-electron chi connectivity index (χ0n) is 19.2. The van der Waals surface area contributed by atoms with Crippen LogP contribution in [0.25, 0.3) is 11.3 Å². The maximum Gasteiger partial charge on any atom is 0.225 e. The van der Waals surface area contributed by atoms with Gasteiger partial charge in [-0.1, -0.05) is 17.7 Å². The first-order chi connectivity index (χ1) is 14.4. The fraction of sp³-hybridized carbons (Fsp3) is 0.176. The standard InChI is InChI=1S/C17H16ClN5O/c1-11-16(13-6-8-19-9-7-13)22-23-17(11)21-15(24)5-3-12-2-4-14(18)20-10-12/h2,4,6-10H,3,5H2,1H3,(H2,21,22,23,24)/i1D3,3D2,5D2. The molecule has 0 aliphatic rings. The summed E-state index contributed by atoms with van der Waals surface area (Å²) in [6.07, 6.45) is -1.99. The number of carbonyl (C=O) groups is 1. The van der Waals surface area contributed by atoms with Gasteiger partial charge in [0.2, 0.25) is 5.91 Å². The molecule has 0 unspecified atom stereocenters. The van der Waals surface area contributed by atoms with Gasteiger partial charge in [-0.25, -0.2) is 4.98 Å². The summed E-state index contributed by atoms with van der Waals surface area (Å²) in [5.41, 5.74) is -0.00737. The van der Waals surface area contributed by atoms with E-state index in [2.05, 4.69) is 25.5 Å². The molecule has 3 rings (SSSR count). The maximum absolute atomic E-state index is 12.7. The summed E-state index contributed by atoms with van der Waals surface area (Å²) < 4.78 is 56.0. The average molecular weight is 349 g/mol. The quantitative estimate of drug-likeness (QED) is 0.692. The largest absolute Gasteiger partial charge is 0.309 e. The van der Waals surface area contributed by atoms with Crippen molar-refractivity contribution < 1.29 is 14.4 Å². The highest BCUT2D eigenvalue weighted by molar-refractivity contribution is 6.29. The van der Waals surface area contributed by atoms with Crippen molar-refractivity contribution in [3.8, 4) is 11.3 Å². The highest BCUT2D eigenvalue weighted by atomic mass is 35.5. The van der Waals surface area contributed by atoms with E-state index in [0.717, 1.165) is 6.20 Å². The molecular weight excluding hydrogens is 326 g/mol. The Morgan fingerprint density at radius 2 is 2.21 bits per heavy atom. The van der Waals surface area contributed by atoms with Crippen molar-refractivity contribution in [2.75, 3.05) is 5.32 Å². The molecule has 7 heteroatoms. The van der Waals surface area contributed by atoms with Crippen molar-refractivity contribution in [2.24, 2.45) is 0 Å². The molecule has 6 nitrogen and oxygen atoms in total. The SMILES string of the molecule is [2H]C([2H])([2H])c1c(NC(=O)C([2H])([2H])C([2H])([2H])c2ccc(Cl)nc2)n[nH]c1-c1ccncc1. The van der Waals surface area contributed by atoms with Crippen molar-refractivity contribution in [3.63, 3.8) is 0 Å². The third-order valence-electron chi connectivity index (χ3n) is 3.01. The number of carbonyl (C=O) groups excluding carboxylic acids is 1. The number of aromatic amines is 1. The van der Waals surface area contributed by atoms with Gasteiger partial charge in [0.25, 0.3) is 0 Å². The summed E-state index contributed by atoms with van der Waals surface area (Å²) in [7, 11) is 0. The Morgan fingerprint density at radius 3 is 2.92 bits per heavy atom. The number of aryl methyl sites for hydroxylation is 1. The van der Waals surface area contributed by atoms with E-state index >= 15 is 0 Å². The van der Waals surface area contributed by atoms with E-state index in [1.807, 2.05) is 0 Å². The fourth-order valence-electron chi connectivity index (χ4n) is 1.88. The first-order valence-corrected chi connectivity index (χ1v) is 7.16. The molecule has 24 heavy (non-hydrogen) atoms. The van der Waals surface area contributed by atoms with Gasteiger partial charge in [0.15, 0.2) is 5.82 Å². The van der Waals surface area contributed by atoms with E-state index in [0.29, 0.717) is 5.56 Å². The number of pyridine rings is 2. The van der Waals surface area contributed by atoms with Crippen LogP contribution in [-0.2, 0) is 11.2 Å². The van der Waals surface area contributed by atoms with Crippen LogP contribution < -0.4 is 5.32 Å². The lowest BCUT2D eigenvalue weighted by molar-refractivity contribution is -0.116. The third kappa shape index (κ3) is 3.78. The van der Waals surface area contributed by atoms with Crippen molar-refractivity contribution >= 4 is 23.3 Å². The zero-order valence-corrected chi connectivity index (χ0v) is 12.9. The lowest BCUT2D eigenvalue weighted by Gasteiger charge is -2.04. The molecule has 0 aliphatic heterocycles. The number of rotatable bonds is 5. The van der Waals surface area contributed by atoms with Crippen molar-refractivity contribution in [1.82, 2.24) is 20.2 Å². The molecule has 0 fully saturated rings. The molecule has 0 saturated carbocycles. The van der Waals surface area contributed by atoms with Crippen molar-refractivity contribution in [2.45, 2.75) is 19.6 Å². The van der Waals surface area contributed by atoms with Crippen molar-refractivity contribution in [3.05, 3.63) is 59.1 Å². The van der Waals surface area contributed by atoms with Gasteiger partial charge < -0.3 is 5.32 Å². The number of nitrogens with zero attached hydrogens (tertiary/aromatic N) is 3. The topological polar surface area (TPSA) is 83.6 Å². The van der Waals surface area contributed by atoms with Crippen LogP contribution in [0, 0.1) is 6.85 Å². The number of aromatic nitrogens is 4. The van der Waals surface area contributed by atoms with Gasteiger partial charge in [0, 0.05) is 45.7 Å². The number of nitrogens with one attached hydrogen (secondary N) is 2. The normalized spacial score (nSPS) is 16.6. The first kappa shape index (κ1) is 9.54. The first-order valence-electron chi connectivity index (χ1n) is 10.3. The van der Waals surface area contributed by atoms with Gasteiger partial charge in [-0.05, 0) is 37.0 Å². The minimum atomic E-state index is -3.11.